The van der Waals surface area contributed by atoms with E-state index < -0.39 is 19.2 Å². The number of carbonyl (C=O) groups excluding carboxylic acids is 1. The maximum Gasteiger partial charge on any atom is 0.392 e. The number of hydrogen-bond donors (Lipinski definition) is 2. The van der Waals surface area contributed by atoms with Crippen LogP contribution in [0.25, 0.3) is 20.8 Å². The molecule has 2 N–H and O–H groups in total. The number of thiazole rings is 1. The van der Waals surface area contributed by atoms with Crippen molar-refractivity contribution in [1.82, 2.24) is 4.98 Å². The van der Waals surface area contributed by atoms with Crippen molar-refractivity contribution >= 4 is 33.1 Å². The number of hydrogen-bond acceptors (Lipinski definition) is 5. The minimum absolute atomic E-state index is 0.187. The van der Waals surface area contributed by atoms with Crippen LogP contribution in [-0.2, 0) is 0 Å². The highest BCUT2D eigenvalue weighted by molar-refractivity contribution is 7.21. The molecule has 0 spiro atoms. The van der Waals surface area contributed by atoms with Crippen LogP contribution in [0.2, 0.25) is 0 Å². The molecule has 0 radical (unpaired) electrons. The van der Waals surface area contributed by atoms with Gasteiger partial charge in [0.1, 0.15) is 16.5 Å². The molecule has 0 saturated carbocycles. The summed E-state index contributed by atoms with van der Waals surface area (Å²) in [7, 11) is 0. The summed E-state index contributed by atoms with van der Waals surface area (Å²) in [5.74, 6) is 0.0982. The van der Waals surface area contributed by atoms with Crippen molar-refractivity contribution in [3.05, 3.63) is 72.3 Å². The van der Waals surface area contributed by atoms with Crippen molar-refractivity contribution in [2.75, 3.05) is 11.9 Å². The molecule has 0 fully saturated rings. The number of carbonyl (C=O) groups is 1. The number of nitrogens with zero attached hydrogens (tertiary/aromatic N) is 1. The SMILES string of the molecule is O=C(Nc1ccc(-c2nc3ccc(O)cc3s2)cc1)c1ccc(OCCC(F)(F)F)cc1. The molecule has 0 bridgehead atoms. The summed E-state index contributed by atoms with van der Waals surface area (Å²) < 4.78 is 42.5. The van der Waals surface area contributed by atoms with Crippen LogP contribution in [0.3, 0.4) is 0 Å². The van der Waals surface area contributed by atoms with Gasteiger partial charge in [0.2, 0.25) is 0 Å². The molecule has 3 aromatic carbocycles. The average molecular weight is 458 g/mol. The minimum Gasteiger partial charge on any atom is -0.508 e. The molecule has 4 rings (SSSR count). The van der Waals surface area contributed by atoms with Crippen LogP contribution >= 0.6 is 11.3 Å². The lowest BCUT2D eigenvalue weighted by Gasteiger charge is -2.09. The number of ether oxygens (including phenoxy) is 1. The summed E-state index contributed by atoms with van der Waals surface area (Å²) in [6.07, 6.45) is -5.31. The van der Waals surface area contributed by atoms with Gasteiger partial charge in [0.25, 0.3) is 5.91 Å². The van der Waals surface area contributed by atoms with Crippen molar-refractivity contribution < 1.29 is 27.8 Å². The number of anilines is 1. The number of rotatable bonds is 6. The lowest BCUT2D eigenvalue weighted by atomic mass is 10.2. The fourth-order valence-electron chi connectivity index (χ4n) is 2.92. The van der Waals surface area contributed by atoms with Crippen molar-refractivity contribution in [3.63, 3.8) is 0 Å². The standard InChI is InChI=1S/C23H17F3N2O3S/c24-23(25,26)11-12-31-18-8-3-14(4-9-18)21(30)27-16-5-1-15(2-6-16)22-28-19-10-7-17(29)13-20(19)32-22/h1-10,13,29H,11-12H2,(H,27,30). The number of phenolic OH excluding ortho intramolecular Hbond substituents is 1. The molecule has 0 aliphatic rings. The molecule has 0 atom stereocenters. The third-order valence-electron chi connectivity index (χ3n) is 4.53. The molecular formula is C23H17F3N2O3S. The molecular weight excluding hydrogens is 441 g/mol. The summed E-state index contributed by atoms with van der Waals surface area (Å²) in [5.41, 5.74) is 2.61. The lowest BCUT2D eigenvalue weighted by Crippen LogP contribution is -2.13. The molecule has 4 aromatic rings. The zero-order valence-electron chi connectivity index (χ0n) is 16.5. The van der Waals surface area contributed by atoms with Gasteiger partial charge >= 0.3 is 6.18 Å². The highest BCUT2D eigenvalue weighted by Crippen LogP contribution is 2.32. The van der Waals surface area contributed by atoms with Gasteiger partial charge in [-0.05, 0) is 66.7 Å². The van der Waals surface area contributed by atoms with Gasteiger partial charge in [-0.25, -0.2) is 4.98 Å². The van der Waals surface area contributed by atoms with Crippen LogP contribution in [0.4, 0.5) is 18.9 Å². The van der Waals surface area contributed by atoms with E-state index in [1.54, 1.807) is 30.3 Å². The average Bonchev–Trinajstić information content (AvgIpc) is 3.17. The molecule has 5 nitrogen and oxygen atoms in total. The van der Waals surface area contributed by atoms with Crippen LogP contribution in [-0.4, -0.2) is 28.8 Å². The van der Waals surface area contributed by atoms with E-state index in [1.807, 2.05) is 12.1 Å². The monoisotopic (exact) mass is 458 g/mol. The van der Waals surface area contributed by atoms with E-state index in [0.29, 0.717) is 11.3 Å². The van der Waals surface area contributed by atoms with Crippen LogP contribution < -0.4 is 10.1 Å². The number of nitrogens with one attached hydrogen (secondary N) is 1. The first-order valence-electron chi connectivity index (χ1n) is 9.58. The summed E-state index contributed by atoms with van der Waals surface area (Å²) in [6, 6.07) is 18.1. The Kier molecular flexibility index (Phi) is 6.00. The highest BCUT2D eigenvalue weighted by atomic mass is 32.1. The second-order valence-corrected chi connectivity index (χ2v) is 7.97. The molecule has 9 heteroatoms. The van der Waals surface area contributed by atoms with Gasteiger partial charge in [0, 0.05) is 16.8 Å². The Morgan fingerprint density at radius 3 is 2.44 bits per heavy atom. The van der Waals surface area contributed by atoms with E-state index in [9.17, 15) is 23.1 Å². The third-order valence-corrected chi connectivity index (χ3v) is 5.60. The smallest absolute Gasteiger partial charge is 0.392 e. The van der Waals surface area contributed by atoms with Crippen molar-refractivity contribution in [3.8, 4) is 22.1 Å². The first kappa shape index (κ1) is 21.6. The van der Waals surface area contributed by atoms with Gasteiger partial charge < -0.3 is 15.2 Å². The van der Waals surface area contributed by atoms with Crippen LogP contribution in [0, 0.1) is 0 Å². The summed E-state index contributed by atoms with van der Waals surface area (Å²) in [4.78, 5) is 17.0. The molecule has 1 heterocycles. The summed E-state index contributed by atoms with van der Waals surface area (Å²) >= 11 is 1.46. The maximum absolute atomic E-state index is 12.4. The van der Waals surface area contributed by atoms with E-state index >= 15 is 0 Å². The number of alkyl halides is 3. The van der Waals surface area contributed by atoms with E-state index in [1.165, 1.54) is 35.6 Å². The van der Waals surface area contributed by atoms with Crippen molar-refractivity contribution in [2.45, 2.75) is 12.6 Å². The number of halogens is 3. The van der Waals surface area contributed by atoms with Gasteiger partial charge in [-0.15, -0.1) is 11.3 Å². The molecule has 32 heavy (non-hydrogen) atoms. The summed E-state index contributed by atoms with van der Waals surface area (Å²) in [6.45, 7) is -0.475. The summed E-state index contributed by atoms with van der Waals surface area (Å²) in [5, 5.41) is 13.2. The molecule has 1 aromatic heterocycles. The normalized spacial score (nSPS) is 11.5. The Labute approximate surface area is 185 Å². The number of aromatic nitrogens is 1. The van der Waals surface area contributed by atoms with Crippen LogP contribution in [0.5, 0.6) is 11.5 Å². The van der Waals surface area contributed by atoms with Crippen LogP contribution in [0.1, 0.15) is 16.8 Å². The second-order valence-electron chi connectivity index (χ2n) is 6.94. The van der Waals surface area contributed by atoms with Gasteiger partial charge in [-0.1, -0.05) is 0 Å². The largest absolute Gasteiger partial charge is 0.508 e. The van der Waals surface area contributed by atoms with Gasteiger partial charge in [0.05, 0.1) is 23.2 Å². The first-order chi connectivity index (χ1) is 15.3. The molecule has 1 amide bonds. The Morgan fingerprint density at radius 2 is 1.75 bits per heavy atom. The molecule has 0 aliphatic carbocycles. The fourth-order valence-corrected chi connectivity index (χ4v) is 3.93. The van der Waals surface area contributed by atoms with Gasteiger partial charge in [-0.2, -0.15) is 13.2 Å². The Morgan fingerprint density at radius 1 is 1.03 bits per heavy atom. The number of amides is 1. The Bertz CT molecular complexity index is 1240. The molecule has 0 aliphatic heterocycles. The van der Waals surface area contributed by atoms with E-state index in [0.717, 1.165) is 20.8 Å². The van der Waals surface area contributed by atoms with Gasteiger partial charge in [-0.3, -0.25) is 4.79 Å². The number of aromatic hydroxyl groups is 1. The lowest BCUT2D eigenvalue weighted by molar-refractivity contribution is -0.139. The predicted molar refractivity (Wildman–Crippen MR) is 117 cm³/mol. The van der Waals surface area contributed by atoms with Crippen molar-refractivity contribution in [1.29, 1.82) is 0 Å². The molecule has 0 unspecified atom stereocenters. The van der Waals surface area contributed by atoms with Crippen LogP contribution in [0.15, 0.2) is 66.7 Å². The molecule has 164 valence electrons. The van der Waals surface area contributed by atoms with E-state index in [-0.39, 0.29) is 17.4 Å². The first-order valence-corrected chi connectivity index (χ1v) is 10.4. The van der Waals surface area contributed by atoms with E-state index in [2.05, 4.69) is 10.3 Å². The minimum atomic E-state index is -4.27. The predicted octanol–water partition coefficient (Wildman–Crippen LogP) is 6.25. The Balaban J connectivity index is 1.38. The molecule has 0 saturated heterocycles. The Hall–Kier alpha value is -3.59. The van der Waals surface area contributed by atoms with Gasteiger partial charge in [0.15, 0.2) is 0 Å². The topological polar surface area (TPSA) is 71.5 Å². The van der Waals surface area contributed by atoms with E-state index in [4.69, 9.17) is 4.74 Å². The second kappa shape index (κ2) is 8.88. The number of phenols is 1. The fraction of sp³-hybridized carbons (Fsp3) is 0.130. The zero-order valence-corrected chi connectivity index (χ0v) is 17.3. The number of benzene rings is 3. The maximum atomic E-state index is 12.4. The highest BCUT2D eigenvalue weighted by Gasteiger charge is 2.26. The zero-order chi connectivity index (χ0) is 22.7. The number of fused-ring (bicyclic) bond motifs is 1. The third kappa shape index (κ3) is 5.36. The quantitative estimate of drug-likeness (QED) is 0.358. The van der Waals surface area contributed by atoms with Crippen molar-refractivity contribution in [2.24, 2.45) is 0 Å².